The number of rotatable bonds is 13. The fourth-order valence-corrected chi connectivity index (χ4v) is 5.11. The van der Waals surface area contributed by atoms with Crippen molar-refractivity contribution in [2.24, 2.45) is 0 Å². The molecule has 1 heterocycles. The Bertz CT molecular complexity index is 1470. The molecule has 0 aliphatic carbocycles. The van der Waals surface area contributed by atoms with Crippen LogP contribution in [0.5, 0.6) is 0 Å². The zero-order valence-electron chi connectivity index (χ0n) is 23.7. The van der Waals surface area contributed by atoms with E-state index >= 15 is 0 Å². The quantitative estimate of drug-likeness (QED) is 0.177. The zero-order chi connectivity index (χ0) is 29.0. The van der Waals surface area contributed by atoms with Gasteiger partial charge in [0.1, 0.15) is 11.8 Å². The molecule has 41 heavy (non-hydrogen) atoms. The lowest BCUT2D eigenvalue weighted by Crippen LogP contribution is -2.42. The lowest BCUT2D eigenvalue weighted by atomic mass is 9.93. The van der Waals surface area contributed by atoms with Crippen molar-refractivity contribution < 1.29 is 18.7 Å². The van der Waals surface area contributed by atoms with E-state index in [1.165, 1.54) is 7.11 Å². The Morgan fingerprint density at radius 1 is 0.976 bits per heavy atom. The Kier molecular flexibility index (Phi) is 11.0. The summed E-state index contributed by atoms with van der Waals surface area (Å²) < 4.78 is 10.5. The third kappa shape index (κ3) is 8.22. The van der Waals surface area contributed by atoms with Gasteiger partial charge in [-0.05, 0) is 89.1 Å². The molecule has 7 heteroatoms. The van der Waals surface area contributed by atoms with E-state index in [1.807, 2.05) is 86.0 Å². The maximum Gasteiger partial charge on any atom is 0.328 e. The number of carbonyl (C=O) groups is 2. The second-order valence-electron chi connectivity index (χ2n) is 9.68. The SMILES string of the molecule is COC(=O)[C@H](CCSC)NC(=O)c1ccc(CNCC(=Cc2ccco2)c2ccccc2)cc1-c1ccccc1C. The third-order valence-electron chi connectivity index (χ3n) is 6.81. The number of hydrogen-bond donors (Lipinski definition) is 2. The number of thioether (sulfide) groups is 1. The van der Waals surface area contributed by atoms with E-state index in [1.54, 1.807) is 18.0 Å². The molecule has 0 aliphatic heterocycles. The van der Waals surface area contributed by atoms with Crippen molar-refractivity contribution >= 4 is 35.3 Å². The van der Waals surface area contributed by atoms with Crippen LogP contribution in [0.4, 0.5) is 0 Å². The van der Waals surface area contributed by atoms with Gasteiger partial charge in [-0.3, -0.25) is 4.79 Å². The number of amides is 1. The fourth-order valence-electron chi connectivity index (χ4n) is 4.64. The van der Waals surface area contributed by atoms with Crippen molar-refractivity contribution in [1.29, 1.82) is 0 Å². The van der Waals surface area contributed by atoms with Gasteiger partial charge in [0.05, 0.1) is 13.4 Å². The van der Waals surface area contributed by atoms with Crippen LogP contribution in [0, 0.1) is 6.92 Å². The first kappa shape index (κ1) is 29.9. The van der Waals surface area contributed by atoms with Crippen LogP contribution < -0.4 is 10.6 Å². The number of methoxy groups -OCH3 is 1. The van der Waals surface area contributed by atoms with Crippen molar-refractivity contribution in [3.05, 3.63) is 119 Å². The van der Waals surface area contributed by atoms with E-state index in [-0.39, 0.29) is 5.91 Å². The summed E-state index contributed by atoms with van der Waals surface area (Å²) in [4.78, 5) is 25.9. The van der Waals surface area contributed by atoms with Gasteiger partial charge in [-0.1, -0.05) is 60.7 Å². The Labute approximate surface area is 246 Å². The molecule has 1 amide bonds. The first-order valence-electron chi connectivity index (χ1n) is 13.6. The first-order chi connectivity index (χ1) is 20.0. The van der Waals surface area contributed by atoms with Gasteiger partial charge in [-0.2, -0.15) is 11.8 Å². The van der Waals surface area contributed by atoms with E-state index in [0.717, 1.165) is 44.9 Å². The minimum absolute atomic E-state index is 0.299. The van der Waals surface area contributed by atoms with Crippen LogP contribution in [0.25, 0.3) is 22.8 Å². The molecular formula is C34H36N2O4S. The molecule has 1 atom stereocenters. The third-order valence-corrected chi connectivity index (χ3v) is 7.46. The first-order valence-corrected chi connectivity index (χ1v) is 15.0. The standard InChI is InChI=1S/C34H36N2O4S/c1-24-10-7-8-14-29(24)31-20-25(15-16-30(31)33(37)36-32(17-19-41-3)34(38)39-2)22-35-23-27(21-28-13-9-18-40-28)26-11-5-4-6-12-26/h4-16,18,20-21,32,35H,17,19,22-23H2,1-3H3,(H,36,37)/t32-/m0/s1. The van der Waals surface area contributed by atoms with Gasteiger partial charge in [0.15, 0.2) is 0 Å². The van der Waals surface area contributed by atoms with Crippen LogP contribution in [0.3, 0.4) is 0 Å². The largest absolute Gasteiger partial charge is 0.467 e. The maximum absolute atomic E-state index is 13.5. The Balaban J connectivity index is 1.58. The number of ether oxygens (including phenoxy) is 1. The van der Waals surface area contributed by atoms with Gasteiger partial charge >= 0.3 is 5.97 Å². The van der Waals surface area contributed by atoms with Crippen LogP contribution in [0.1, 0.15) is 39.2 Å². The molecule has 0 radical (unpaired) electrons. The second-order valence-corrected chi connectivity index (χ2v) is 10.7. The number of carbonyl (C=O) groups excluding carboxylic acids is 2. The molecule has 3 aromatic carbocycles. The number of furan rings is 1. The number of aryl methyl sites for hydroxylation is 1. The van der Waals surface area contributed by atoms with Crippen LogP contribution >= 0.6 is 11.8 Å². The molecule has 212 valence electrons. The number of hydrogen-bond acceptors (Lipinski definition) is 6. The summed E-state index contributed by atoms with van der Waals surface area (Å²) in [6.07, 6.45) is 6.18. The van der Waals surface area contributed by atoms with Gasteiger partial charge in [-0.15, -0.1) is 0 Å². The molecule has 4 rings (SSSR count). The summed E-state index contributed by atoms with van der Waals surface area (Å²) in [5.74, 6) is 0.786. The van der Waals surface area contributed by atoms with Gasteiger partial charge < -0.3 is 19.8 Å². The lowest BCUT2D eigenvalue weighted by Gasteiger charge is -2.19. The number of nitrogens with one attached hydrogen (secondary N) is 2. The van der Waals surface area contributed by atoms with E-state index in [2.05, 4.69) is 28.8 Å². The summed E-state index contributed by atoms with van der Waals surface area (Å²) in [7, 11) is 1.34. The van der Waals surface area contributed by atoms with Gasteiger partial charge in [0.25, 0.3) is 5.91 Å². The van der Waals surface area contributed by atoms with E-state index in [4.69, 9.17) is 9.15 Å². The van der Waals surface area contributed by atoms with Crippen molar-refractivity contribution in [3.63, 3.8) is 0 Å². The molecule has 4 aromatic rings. The highest BCUT2D eigenvalue weighted by Crippen LogP contribution is 2.29. The monoisotopic (exact) mass is 568 g/mol. The normalized spacial score (nSPS) is 12.1. The second kappa shape index (κ2) is 15.1. The minimum atomic E-state index is -0.705. The number of esters is 1. The molecule has 2 N–H and O–H groups in total. The van der Waals surface area contributed by atoms with Crippen LogP contribution in [0.15, 0.2) is 95.6 Å². The van der Waals surface area contributed by atoms with E-state index in [9.17, 15) is 9.59 Å². The summed E-state index contributed by atoms with van der Waals surface area (Å²) in [6.45, 7) is 3.26. The van der Waals surface area contributed by atoms with Gasteiger partial charge in [0.2, 0.25) is 0 Å². The molecule has 6 nitrogen and oxygen atoms in total. The Morgan fingerprint density at radius 2 is 1.76 bits per heavy atom. The smallest absolute Gasteiger partial charge is 0.328 e. The molecule has 0 aliphatic rings. The van der Waals surface area contributed by atoms with Crippen molar-refractivity contribution in [1.82, 2.24) is 10.6 Å². The van der Waals surface area contributed by atoms with Gasteiger partial charge in [0, 0.05) is 18.7 Å². The molecule has 0 bridgehead atoms. The van der Waals surface area contributed by atoms with Crippen LogP contribution in [0.2, 0.25) is 0 Å². The topological polar surface area (TPSA) is 80.6 Å². The van der Waals surface area contributed by atoms with Crippen LogP contribution in [-0.2, 0) is 16.1 Å². The molecule has 0 spiro atoms. The highest BCUT2D eigenvalue weighted by molar-refractivity contribution is 7.98. The Hall–Kier alpha value is -4.07. The molecule has 0 fully saturated rings. The number of benzene rings is 3. The predicted molar refractivity (Wildman–Crippen MR) is 168 cm³/mol. The van der Waals surface area contributed by atoms with Crippen LogP contribution in [-0.4, -0.2) is 43.6 Å². The summed E-state index contributed by atoms with van der Waals surface area (Å²) in [6, 6.07) is 27.2. The van der Waals surface area contributed by atoms with Crippen molar-refractivity contribution in [2.75, 3.05) is 25.7 Å². The van der Waals surface area contributed by atoms with Gasteiger partial charge in [-0.25, -0.2) is 4.79 Å². The molecule has 0 saturated carbocycles. The summed E-state index contributed by atoms with van der Waals surface area (Å²) >= 11 is 1.62. The maximum atomic E-state index is 13.5. The van der Waals surface area contributed by atoms with Crippen molar-refractivity contribution in [3.8, 4) is 11.1 Å². The summed E-state index contributed by atoms with van der Waals surface area (Å²) in [5, 5.41) is 6.46. The van der Waals surface area contributed by atoms with E-state index in [0.29, 0.717) is 25.1 Å². The van der Waals surface area contributed by atoms with E-state index < -0.39 is 12.0 Å². The summed E-state index contributed by atoms with van der Waals surface area (Å²) in [5.41, 5.74) is 6.64. The predicted octanol–water partition coefficient (Wildman–Crippen LogP) is 6.61. The minimum Gasteiger partial charge on any atom is -0.467 e. The van der Waals surface area contributed by atoms with Crippen molar-refractivity contribution in [2.45, 2.75) is 25.9 Å². The molecule has 1 aromatic heterocycles. The molecular weight excluding hydrogens is 532 g/mol. The molecule has 0 unspecified atom stereocenters. The highest BCUT2D eigenvalue weighted by Gasteiger charge is 2.24. The lowest BCUT2D eigenvalue weighted by molar-refractivity contribution is -0.142. The highest BCUT2D eigenvalue weighted by atomic mass is 32.2. The Morgan fingerprint density at radius 3 is 2.46 bits per heavy atom. The average molecular weight is 569 g/mol. The average Bonchev–Trinajstić information content (AvgIpc) is 3.52. The zero-order valence-corrected chi connectivity index (χ0v) is 24.5. The molecule has 0 saturated heterocycles. The fraction of sp³-hybridized carbons (Fsp3) is 0.235.